The first-order valence-corrected chi connectivity index (χ1v) is 6.40. The summed E-state index contributed by atoms with van der Waals surface area (Å²) in [5, 5.41) is 1.05. The summed E-state index contributed by atoms with van der Waals surface area (Å²) >= 11 is 3.47. The Morgan fingerprint density at radius 3 is 3.06 bits per heavy atom. The Morgan fingerprint density at radius 2 is 2.35 bits per heavy atom. The van der Waals surface area contributed by atoms with Gasteiger partial charge in [-0.2, -0.15) is 0 Å². The molecule has 0 atom stereocenters. The van der Waals surface area contributed by atoms with Crippen molar-refractivity contribution in [3.63, 3.8) is 0 Å². The molecule has 0 saturated carbocycles. The highest BCUT2D eigenvalue weighted by Crippen LogP contribution is 2.23. The summed E-state index contributed by atoms with van der Waals surface area (Å²) < 4.78 is 1.08. The van der Waals surface area contributed by atoms with Crippen LogP contribution in [-0.2, 0) is 0 Å². The Morgan fingerprint density at radius 1 is 1.53 bits per heavy atom. The molecule has 5 heteroatoms. The number of nitrogens with zero attached hydrogens (tertiary/aromatic N) is 3. The van der Waals surface area contributed by atoms with Crippen LogP contribution < -0.4 is 4.90 Å². The number of nitrogens with one attached hydrogen (secondary N) is 1. The largest absolute Gasteiger partial charge is 0.346 e. The molecule has 2 aromatic rings. The summed E-state index contributed by atoms with van der Waals surface area (Å²) in [6.07, 6.45) is 6.59. The fraction of sp³-hybridized carbons (Fsp3) is 0.333. The molecule has 4 nitrogen and oxygen atoms in total. The van der Waals surface area contributed by atoms with E-state index < -0.39 is 0 Å². The van der Waals surface area contributed by atoms with Gasteiger partial charge in [0.2, 0.25) is 0 Å². The number of halogens is 1. The minimum Gasteiger partial charge on any atom is -0.346 e. The third-order valence-corrected chi connectivity index (χ3v) is 2.61. The van der Waals surface area contributed by atoms with Crippen molar-refractivity contribution in [3.05, 3.63) is 29.3 Å². The zero-order chi connectivity index (χ0) is 12.3. The summed E-state index contributed by atoms with van der Waals surface area (Å²) in [6.45, 7) is 5.10. The van der Waals surface area contributed by atoms with Gasteiger partial charge in [0.1, 0.15) is 17.8 Å². The molecule has 90 valence electrons. The highest BCUT2D eigenvalue weighted by molar-refractivity contribution is 9.11. The maximum Gasteiger partial charge on any atom is 0.145 e. The molecule has 0 aromatic carbocycles. The van der Waals surface area contributed by atoms with Crippen LogP contribution in [0.25, 0.3) is 11.0 Å². The van der Waals surface area contributed by atoms with E-state index in [1.807, 2.05) is 19.2 Å². The molecule has 0 bridgehead atoms. The van der Waals surface area contributed by atoms with E-state index in [2.05, 4.69) is 48.9 Å². The van der Waals surface area contributed by atoms with Crippen LogP contribution in [0.2, 0.25) is 0 Å². The highest BCUT2D eigenvalue weighted by atomic mass is 79.9. The van der Waals surface area contributed by atoms with E-state index in [0.717, 1.165) is 34.3 Å². The Balaban J connectivity index is 2.47. The zero-order valence-electron chi connectivity index (χ0n) is 9.94. The predicted octanol–water partition coefficient (Wildman–Crippen LogP) is 3.43. The Bertz CT molecular complexity index is 528. The first-order chi connectivity index (χ1) is 8.22. The van der Waals surface area contributed by atoms with E-state index in [-0.39, 0.29) is 0 Å². The van der Waals surface area contributed by atoms with Gasteiger partial charge in [0.05, 0.1) is 5.39 Å². The molecule has 2 heterocycles. The molecule has 0 amide bonds. The summed E-state index contributed by atoms with van der Waals surface area (Å²) in [7, 11) is 0. The van der Waals surface area contributed by atoms with Crippen LogP contribution in [0.1, 0.15) is 20.3 Å². The number of hydrogen-bond donors (Lipinski definition) is 1. The van der Waals surface area contributed by atoms with Crippen molar-refractivity contribution >= 4 is 32.8 Å². The lowest BCUT2D eigenvalue weighted by atomic mass is 10.3. The number of H-pyrrole nitrogens is 1. The first kappa shape index (κ1) is 12.1. The van der Waals surface area contributed by atoms with E-state index in [1.165, 1.54) is 0 Å². The van der Waals surface area contributed by atoms with E-state index in [4.69, 9.17) is 0 Å². The van der Waals surface area contributed by atoms with Gasteiger partial charge in [-0.25, -0.2) is 9.97 Å². The molecule has 2 aromatic heterocycles. The van der Waals surface area contributed by atoms with Crippen molar-refractivity contribution in [2.24, 2.45) is 0 Å². The molecule has 0 unspecified atom stereocenters. The van der Waals surface area contributed by atoms with Crippen molar-refractivity contribution in [2.75, 3.05) is 11.4 Å². The van der Waals surface area contributed by atoms with Crippen molar-refractivity contribution in [3.8, 4) is 0 Å². The summed E-state index contributed by atoms with van der Waals surface area (Å²) in [6, 6.07) is 2.00. The molecule has 0 aliphatic rings. The first-order valence-electron chi connectivity index (χ1n) is 5.61. The lowest BCUT2D eigenvalue weighted by Gasteiger charge is -2.19. The Labute approximate surface area is 109 Å². The molecule has 0 radical (unpaired) electrons. The van der Waals surface area contributed by atoms with Gasteiger partial charge in [0, 0.05) is 23.4 Å². The second-order valence-electron chi connectivity index (χ2n) is 3.85. The summed E-state index contributed by atoms with van der Waals surface area (Å²) in [5.74, 6) is 0.942. The zero-order valence-corrected chi connectivity index (χ0v) is 11.5. The standard InChI is InChI=1S/C12H15BrN4/c1-3-6-17(7-9(2)13)12-10-4-5-14-11(10)15-8-16-12/h4-5,7-8H,3,6H2,1-2H3,(H,14,15,16)/b9-7+. The highest BCUT2D eigenvalue weighted by Gasteiger charge is 2.10. The molecule has 0 aliphatic carbocycles. The summed E-state index contributed by atoms with van der Waals surface area (Å²) in [5.41, 5.74) is 0.872. The van der Waals surface area contributed by atoms with Gasteiger partial charge >= 0.3 is 0 Å². The van der Waals surface area contributed by atoms with Gasteiger partial charge in [0.25, 0.3) is 0 Å². The minimum atomic E-state index is 0.872. The lowest BCUT2D eigenvalue weighted by molar-refractivity contribution is 0.866. The summed E-state index contributed by atoms with van der Waals surface area (Å²) in [4.78, 5) is 13.8. The normalized spacial score (nSPS) is 12.1. The van der Waals surface area contributed by atoms with E-state index in [9.17, 15) is 0 Å². The number of rotatable bonds is 4. The van der Waals surface area contributed by atoms with E-state index >= 15 is 0 Å². The van der Waals surface area contributed by atoms with Gasteiger partial charge in [0.15, 0.2) is 0 Å². The van der Waals surface area contributed by atoms with Gasteiger partial charge in [-0.1, -0.05) is 22.9 Å². The monoisotopic (exact) mass is 294 g/mol. The molecule has 0 spiro atoms. The average Bonchev–Trinajstić information content (AvgIpc) is 2.75. The number of aromatic amines is 1. The predicted molar refractivity (Wildman–Crippen MR) is 74.2 cm³/mol. The SMILES string of the molecule is CCCN(/C=C(\C)Br)c1ncnc2[nH]ccc12. The van der Waals surface area contributed by atoms with E-state index in [0.29, 0.717) is 0 Å². The van der Waals surface area contributed by atoms with Crippen molar-refractivity contribution in [1.29, 1.82) is 0 Å². The van der Waals surface area contributed by atoms with Crippen LogP contribution >= 0.6 is 15.9 Å². The van der Waals surface area contributed by atoms with Crippen LogP contribution in [0.15, 0.2) is 29.3 Å². The van der Waals surface area contributed by atoms with Crippen molar-refractivity contribution in [1.82, 2.24) is 15.0 Å². The maximum absolute atomic E-state index is 4.38. The topological polar surface area (TPSA) is 44.8 Å². The Kier molecular flexibility index (Phi) is 3.78. The third-order valence-electron chi connectivity index (χ3n) is 2.40. The molecule has 1 N–H and O–H groups in total. The quantitative estimate of drug-likeness (QED) is 0.940. The second kappa shape index (κ2) is 5.31. The molecule has 17 heavy (non-hydrogen) atoms. The number of allylic oxidation sites excluding steroid dienone is 1. The number of anilines is 1. The van der Waals surface area contributed by atoms with Gasteiger partial charge in [-0.05, 0) is 19.4 Å². The molecule has 0 saturated heterocycles. The number of fused-ring (bicyclic) bond motifs is 1. The van der Waals surface area contributed by atoms with Gasteiger partial charge in [-0.15, -0.1) is 0 Å². The molecule has 0 aliphatic heterocycles. The third kappa shape index (κ3) is 2.66. The number of aromatic nitrogens is 3. The van der Waals surface area contributed by atoms with Crippen LogP contribution in [0.5, 0.6) is 0 Å². The second-order valence-corrected chi connectivity index (χ2v) is 5.10. The van der Waals surface area contributed by atoms with Crippen molar-refractivity contribution < 1.29 is 0 Å². The number of hydrogen-bond acceptors (Lipinski definition) is 3. The van der Waals surface area contributed by atoms with Crippen LogP contribution in [0.3, 0.4) is 0 Å². The average molecular weight is 295 g/mol. The van der Waals surface area contributed by atoms with Gasteiger partial charge < -0.3 is 9.88 Å². The van der Waals surface area contributed by atoms with E-state index in [1.54, 1.807) is 6.33 Å². The smallest absolute Gasteiger partial charge is 0.145 e. The molecular formula is C12H15BrN4. The fourth-order valence-corrected chi connectivity index (χ4v) is 2.02. The van der Waals surface area contributed by atoms with Crippen LogP contribution in [0.4, 0.5) is 5.82 Å². The molecular weight excluding hydrogens is 280 g/mol. The van der Waals surface area contributed by atoms with Crippen molar-refractivity contribution in [2.45, 2.75) is 20.3 Å². The fourth-order valence-electron chi connectivity index (χ4n) is 1.77. The van der Waals surface area contributed by atoms with Gasteiger partial charge in [-0.3, -0.25) is 0 Å². The molecule has 2 rings (SSSR count). The lowest BCUT2D eigenvalue weighted by Crippen LogP contribution is -2.18. The van der Waals surface area contributed by atoms with Crippen LogP contribution in [-0.4, -0.2) is 21.5 Å². The Hall–Kier alpha value is -1.36. The molecule has 0 fully saturated rings. The minimum absolute atomic E-state index is 0.872. The van der Waals surface area contributed by atoms with Crippen LogP contribution in [0, 0.1) is 0 Å². The maximum atomic E-state index is 4.38.